The maximum Gasteiger partial charge on any atom is 0.125 e. The highest BCUT2D eigenvalue weighted by molar-refractivity contribution is 5.35. The lowest BCUT2D eigenvalue weighted by Gasteiger charge is -2.10. The van der Waals surface area contributed by atoms with Gasteiger partial charge in [-0.15, -0.1) is 0 Å². The molecule has 70 valence electrons. The van der Waals surface area contributed by atoms with Crippen LogP contribution in [0.1, 0.15) is 18.1 Å². The molecule has 3 nitrogen and oxygen atoms in total. The second-order valence-electron chi connectivity index (χ2n) is 3.36. The number of hydrogen-bond donors (Lipinski definition) is 2. The Labute approximate surface area is 77.1 Å². The first-order chi connectivity index (χ1) is 6.27. The van der Waals surface area contributed by atoms with Crippen LogP contribution < -0.4 is 10.5 Å². The van der Waals surface area contributed by atoms with Gasteiger partial charge in [-0.05, 0) is 12.5 Å². The first-order valence-corrected chi connectivity index (χ1v) is 4.43. The van der Waals surface area contributed by atoms with Crippen molar-refractivity contribution in [2.75, 3.05) is 6.61 Å². The third kappa shape index (κ3) is 1.66. The molecular formula is C10H13NO2. The number of fused-ring (bicyclic) bond motifs is 1. The Kier molecular flexibility index (Phi) is 2.20. The van der Waals surface area contributed by atoms with Crippen molar-refractivity contribution in [1.82, 2.24) is 0 Å². The lowest BCUT2D eigenvalue weighted by Crippen LogP contribution is -2.27. The van der Waals surface area contributed by atoms with Crippen molar-refractivity contribution in [2.45, 2.75) is 18.6 Å². The molecule has 1 aromatic carbocycles. The van der Waals surface area contributed by atoms with Gasteiger partial charge in [-0.3, -0.25) is 0 Å². The van der Waals surface area contributed by atoms with Crippen molar-refractivity contribution < 1.29 is 9.84 Å². The zero-order valence-corrected chi connectivity index (χ0v) is 7.31. The smallest absolute Gasteiger partial charge is 0.125 e. The van der Waals surface area contributed by atoms with Crippen LogP contribution >= 0.6 is 0 Å². The molecule has 0 amide bonds. The summed E-state index contributed by atoms with van der Waals surface area (Å²) in [7, 11) is 0. The molecule has 0 fully saturated rings. The highest BCUT2D eigenvalue weighted by Gasteiger charge is 2.20. The molecule has 0 aromatic heterocycles. The van der Waals surface area contributed by atoms with Gasteiger partial charge in [-0.25, -0.2) is 0 Å². The van der Waals surface area contributed by atoms with Crippen LogP contribution in [-0.4, -0.2) is 17.8 Å². The summed E-state index contributed by atoms with van der Waals surface area (Å²) in [5, 5.41) is 9.75. The molecule has 0 bridgehead atoms. The SMILES string of the molecule is N[C@H]1COc2ccccc2[C@H](O)C1. The molecule has 1 heterocycles. The molecule has 3 heteroatoms. The monoisotopic (exact) mass is 179 g/mol. The fourth-order valence-electron chi connectivity index (χ4n) is 1.57. The molecule has 0 saturated carbocycles. The largest absolute Gasteiger partial charge is 0.492 e. The summed E-state index contributed by atoms with van der Waals surface area (Å²) < 4.78 is 5.45. The summed E-state index contributed by atoms with van der Waals surface area (Å²) >= 11 is 0. The molecule has 1 aliphatic rings. The van der Waals surface area contributed by atoms with Gasteiger partial charge in [0.1, 0.15) is 12.4 Å². The standard InChI is InChI=1S/C10H13NO2/c11-7-5-9(12)8-3-1-2-4-10(8)13-6-7/h1-4,7,9,12H,5-6,11H2/t7-,9-/m1/s1. The number of ether oxygens (including phenoxy) is 1. The van der Waals surface area contributed by atoms with Crippen LogP contribution in [0.3, 0.4) is 0 Å². The molecule has 2 atom stereocenters. The number of rotatable bonds is 0. The number of nitrogens with two attached hydrogens (primary N) is 1. The number of aliphatic hydroxyl groups is 1. The van der Waals surface area contributed by atoms with Gasteiger partial charge >= 0.3 is 0 Å². The zero-order chi connectivity index (χ0) is 9.26. The third-order valence-corrected chi connectivity index (χ3v) is 2.26. The fourth-order valence-corrected chi connectivity index (χ4v) is 1.57. The number of aliphatic hydroxyl groups excluding tert-OH is 1. The van der Waals surface area contributed by atoms with Crippen molar-refractivity contribution in [1.29, 1.82) is 0 Å². The Hall–Kier alpha value is -1.06. The van der Waals surface area contributed by atoms with Gasteiger partial charge < -0.3 is 15.6 Å². The maximum absolute atomic E-state index is 9.75. The van der Waals surface area contributed by atoms with E-state index in [9.17, 15) is 5.11 Å². The van der Waals surface area contributed by atoms with Gasteiger partial charge in [-0.1, -0.05) is 18.2 Å². The lowest BCUT2D eigenvalue weighted by molar-refractivity contribution is 0.159. The van der Waals surface area contributed by atoms with E-state index in [0.29, 0.717) is 13.0 Å². The normalized spacial score (nSPS) is 27.2. The second-order valence-corrected chi connectivity index (χ2v) is 3.36. The second kappa shape index (κ2) is 3.36. The van der Waals surface area contributed by atoms with Gasteiger partial charge in [0, 0.05) is 11.6 Å². The third-order valence-electron chi connectivity index (χ3n) is 2.26. The topological polar surface area (TPSA) is 55.5 Å². The predicted octanol–water partition coefficient (Wildman–Crippen LogP) is 0.830. The van der Waals surface area contributed by atoms with E-state index < -0.39 is 6.10 Å². The van der Waals surface area contributed by atoms with Crippen LogP contribution in [-0.2, 0) is 0 Å². The number of hydrogen-bond acceptors (Lipinski definition) is 3. The van der Waals surface area contributed by atoms with E-state index >= 15 is 0 Å². The maximum atomic E-state index is 9.75. The molecule has 0 aliphatic carbocycles. The van der Waals surface area contributed by atoms with Crippen molar-refractivity contribution in [3.05, 3.63) is 29.8 Å². The van der Waals surface area contributed by atoms with Crippen LogP contribution in [0.4, 0.5) is 0 Å². The van der Waals surface area contributed by atoms with Crippen molar-refractivity contribution >= 4 is 0 Å². The summed E-state index contributed by atoms with van der Waals surface area (Å²) in [6, 6.07) is 7.43. The molecule has 13 heavy (non-hydrogen) atoms. The van der Waals surface area contributed by atoms with Crippen molar-refractivity contribution in [3.8, 4) is 5.75 Å². The van der Waals surface area contributed by atoms with Crippen LogP contribution in [0.25, 0.3) is 0 Å². The first kappa shape index (κ1) is 8.53. The van der Waals surface area contributed by atoms with Gasteiger partial charge in [0.2, 0.25) is 0 Å². The van der Waals surface area contributed by atoms with Gasteiger partial charge in [0.15, 0.2) is 0 Å². The predicted molar refractivity (Wildman–Crippen MR) is 49.5 cm³/mol. The summed E-state index contributed by atoms with van der Waals surface area (Å²) in [5.41, 5.74) is 6.56. The lowest BCUT2D eigenvalue weighted by atomic mass is 10.0. The molecule has 2 rings (SSSR count). The minimum absolute atomic E-state index is 0.0811. The van der Waals surface area contributed by atoms with Crippen LogP contribution in [0.5, 0.6) is 5.75 Å². The quantitative estimate of drug-likeness (QED) is 0.620. The van der Waals surface area contributed by atoms with E-state index in [0.717, 1.165) is 11.3 Å². The van der Waals surface area contributed by atoms with E-state index in [1.54, 1.807) is 0 Å². The van der Waals surface area contributed by atoms with Crippen LogP contribution in [0, 0.1) is 0 Å². The van der Waals surface area contributed by atoms with E-state index in [-0.39, 0.29) is 6.04 Å². The van der Waals surface area contributed by atoms with E-state index in [1.165, 1.54) is 0 Å². The number of para-hydroxylation sites is 1. The Morgan fingerprint density at radius 3 is 3.00 bits per heavy atom. The summed E-state index contributed by atoms with van der Waals surface area (Å²) in [6.07, 6.45) is 0.0745. The summed E-state index contributed by atoms with van der Waals surface area (Å²) in [6.45, 7) is 0.480. The fraction of sp³-hybridized carbons (Fsp3) is 0.400. The molecule has 0 spiro atoms. The molecular weight excluding hydrogens is 166 g/mol. The Balaban J connectivity index is 2.35. The van der Waals surface area contributed by atoms with Crippen LogP contribution in [0.2, 0.25) is 0 Å². The number of benzene rings is 1. The van der Waals surface area contributed by atoms with Crippen molar-refractivity contribution in [3.63, 3.8) is 0 Å². The van der Waals surface area contributed by atoms with Crippen LogP contribution in [0.15, 0.2) is 24.3 Å². The van der Waals surface area contributed by atoms with Gasteiger partial charge in [0.25, 0.3) is 0 Å². The van der Waals surface area contributed by atoms with E-state index in [1.807, 2.05) is 24.3 Å². The Bertz CT molecular complexity index is 301. The van der Waals surface area contributed by atoms with Gasteiger partial charge in [0.05, 0.1) is 6.10 Å². The Morgan fingerprint density at radius 1 is 1.38 bits per heavy atom. The average Bonchev–Trinajstić information content (AvgIpc) is 2.27. The molecule has 3 N–H and O–H groups in total. The minimum Gasteiger partial charge on any atom is -0.492 e. The van der Waals surface area contributed by atoms with E-state index in [4.69, 9.17) is 10.5 Å². The molecule has 1 aliphatic heterocycles. The first-order valence-electron chi connectivity index (χ1n) is 4.43. The average molecular weight is 179 g/mol. The van der Waals surface area contributed by atoms with Gasteiger partial charge in [-0.2, -0.15) is 0 Å². The minimum atomic E-state index is -0.492. The molecule has 1 aromatic rings. The molecule has 0 radical (unpaired) electrons. The highest BCUT2D eigenvalue weighted by Crippen LogP contribution is 2.30. The summed E-state index contributed by atoms with van der Waals surface area (Å²) in [5.74, 6) is 0.753. The highest BCUT2D eigenvalue weighted by atomic mass is 16.5. The molecule has 0 unspecified atom stereocenters. The Morgan fingerprint density at radius 2 is 2.15 bits per heavy atom. The van der Waals surface area contributed by atoms with E-state index in [2.05, 4.69) is 0 Å². The zero-order valence-electron chi connectivity index (χ0n) is 7.31. The summed E-state index contributed by atoms with van der Waals surface area (Å²) in [4.78, 5) is 0. The molecule has 0 saturated heterocycles. The van der Waals surface area contributed by atoms with Crippen molar-refractivity contribution in [2.24, 2.45) is 5.73 Å².